The van der Waals surface area contributed by atoms with Crippen molar-refractivity contribution in [1.29, 1.82) is 0 Å². The molecule has 0 aliphatic carbocycles. The number of nitrogens with one attached hydrogen (secondary N) is 1. The number of likely N-dealkylation sites (N-methyl/N-ethyl adjacent to an activating group) is 1. The topological polar surface area (TPSA) is 30.5 Å². The van der Waals surface area contributed by atoms with Gasteiger partial charge in [0.25, 0.3) is 0 Å². The van der Waals surface area contributed by atoms with E-state index in [-0.39, 0.29) is 6.10 Å². The quantitative estimate of drug-likeness (QED) is 0.614. The number of rotatable bonds is 7. The van der Waals surface area contributed by atoms with Gasteiger partial charge in [-0.15, -0.1) is 0 Å². The van der Waals surface area contributed by atoms with Crippen molar-refractivity contribution < 1.29 is 9.47 Å². The fourth-order valence-corrected chi connectivity index (χ4v) is 0.897. The minimum atomic E-state index is 0.237. The largest absolute Gasteiger partial charge is 0.376 e. The normalized spacial score (nSPS) is 16.2. The first-order valence-corrected chi connectivity index (χ1v) is 4.98. The zero-order chi connectivity index (χ0) is 10.3. The maximum absolute atomic E-state index is 5.56. The molecule has 2 unspecified atom stereocenters. The highest BCUT2D eigenvalue weighted by molar-refractivity contribution is 4.65. The van der Waals surface area contributed by atoms with E-state index in [2.05, 4.69) is 19.2 Å². The molecule has 0 saturated heterocycles. The van der Waals surface area contributed by atoms with Gasteiger partial charge in [0.1, 0.15) is 0 Å². The summed E-state index contributed by atoms with van der Waals surface area (Å²) in [5.41, 5.74) is 0. The van der Waals surface area contributed by atoms with Crippen LogP contribution >= 0.6 is 0 Å². The van der Waals surface area contributed by atoms with Gasteiger partial charge in [0.05, 0.1) is 25.4 Å². The van der Waals surface area contributed by atoms with Crippen LogP contribution in [0.5, 0.6) is 0 Å². The lowest BCUT2D eigenvalue weighted by atomic mass is 10.2. The molecule has 0 aromatic rings. The fourth-order valence-electron chi connectivity index (χ4n) is 0.897. The van der Waals surface area contributed by atoms with Crippen LogP contribution < -0.4 is 5.32 Å². The first-order chi connectivity index (χ1) is 6.07. The number of hydrogen-bond acceptors (Lipinski definition) is 3. The average molecular weight is 189 g/mol. The summed E-state index contributed by atoms with van der Waals surface area (Å²) in [5.74, 6) is 0. The Morgan fingerprint density at radius 1 is 1.00 bits per heavy atom. The van der Waals surface area contributed by atoms with Crippen molar-refractivity contribution in [2.24, 2.45) is 0 Å². The van der Waals surface area contributed by atoms with Gasteiger partial charge < -0.3 is 14.8 Å². The molecule has 1 N–H and O–H groups in total. The summed E-state index contributed by atoms with van der Waals surface area (Å²) in [6, 6.07) is 0.388. The highest BCUT2D eigenvalue weighted by Crippen LogP contribution is 1.97. The van der Waals surface area contributed by atoms with E-state index in [9.17, 15) is 0 Å². The van der Waals surface area contributed by atoms with Crippen LogP contribution in [-0.2, 0) is 9.47 Å². The Bertz CT molecular complexity index is 117. The summed E-state index contributed by atoms with van der Waals surface area (Å²) in [6.45, 7) is 9.58. The van der Waals surface area contributed by atoms with E-state index in [4.69, 9.17) is 9.47 Å². The van der Waals surface area contributed by atoms with Crippen molar-refractivity contribution in [2.75, 3.05) is 20.3 Å². The zero-order valence-corrected chi connectivity index (χ0v) is 9.46. The van der Waals surface area contributed by atoms with Crippen molar-refractivity contribution in [3.05, 3.63) is 0 Å². The van der Waals surface area contributed by atoms with Gasteiger partial charge in [0.2, 0.25) is 0 Å². The molecule has 0 aromatic heterocycles. The molecule has 0 aliphatic heterocycles. The van der Waals surface area contributed by atoms with Gasteiger partial charge in [-0.3, -0.25) is 0 Å². The third kappa shape index (κ3) is 6.99. The Balaban J connectivity index is 3.31. The molecule has 0 bridgehead atoms. The molecule has 3 heteroatoms. The average Bonchev–Trinajstić information content (AvgIpc) is 2.10. The summed E-state index contributed by atoms with van der Waals surface area (Å²) < 4.78 is 10.9. The van der Waals surface area contributed by atoms with Crippen LogP contribution in [0, 0.1) is 0 Å². The van der Waals surface area contributed by atoms with Crippen LogP contribution in [0.25, 0.3) is 0 Å². The maximum Gasteiger partial charge on any atom is 0.0705 e. The molecule has 0 fully saturated rings. The summed E-state index contributed by atoms with van der Waals surface area (Å²) >= 11 is 0. The number of ether oxygens (including phenoxy) is 2. The van der Waals surface area contributed by atoms with Crippen molar-refractivity contribution in [3.8, 4) is 0 Å². The fraction of sp³-hybridized carbons (Fsp3) is 1.00. The van der Waals surface area contributed by atoms with E-state index in [1.807, 2.05) is 20.9 Å². The van der Waals surface area contributed by atoms with E-state index in [1.54, 1.807) is 0 Å². The van der Waals surface area contributed by atoms with Crippen molar-refractivity contribution in [2.45, 2.75) is 45.9 Å². The predicted octanol–water partition coefficient (Wildman–Crippen LogP) is 1.42. The van der Waals surface area contributed by atoms with Crippen LogP contribution in [-0.4, -0.2) is 38.5 Å². The second kappa shape index (κ2) is 7.30. The van der Waals surface area contributed by atoms with Gasteiger partial charge in [-0.2, -0.15) is 0 Å². The smallest absolute Gasteiger partial charge is 0.0705 e. The van der Waals surface area contributed by atoms with E-state index in [0.29, 0.717) is 25.4 Å². The molecule has 0 saturated carbocycles. The monoisotopic (exact) mass is 189 g/mol. The Morgan fingerprint density at radius 2 is 1.54 bits per heavy atom. The van der Waals surface area contributed by atoms with Crippen LogP contribution in [0.2, 0.25) is 0 Å². The summed E-state index contributed by atoms with van der Waals surface area (Å²) in [5, 5.41) is 3.15. The van der Waals surface area contributed by atoms with Gasteiger partial charge in [0, 0.05) is 6.04 Å². The second-order valence-electron chi connectivity index (χ2n) is 3.57. The zero-order valence-electron chi connectivity index (χ0n) is 9.46. The minimum absolute atomic E-state index is 0.237. The van der Waals surface area contributed by atoms with E-state index in [1.165, 1.54) is 0 Å². The van der Waals surface area contributed by atoms with Crippen molar-refractivity contribution in [3.63, 3.8) is 0 Å². The Kier molecular flexibility index (Phi) is 7.23. The first-order valence-electron chi connectivity index (χ1n) is 4.98. The molecule has 0 rings (SSSR count). The standard InChI is InChI=1S/C10H23NO2/c1-8(2)12-6-7-13-10(4)9(3)11-5/h8-11H,6-7H2,1-5H3. The molecule has 80 valence electrons. The highest BCUT2D eigenvalue weighted by atomic mass is 16.5. The van der Waals surface area contributed by atoms with Gasteiger partial charge in [-0.05, 0) is 34.7 Å². The first kappa shape index (κ1) is 12.9. The summed E-state index contributed by atoms with van der Waals surface area (Å²) in [6.07, 6.45) is 0.529. The molecule has 0 aliphatic rings. The van der Waals surface area contributed by atoms with Crippen LogP contribution in [0.4, 0.5) is 0 Å². The van der Waals surface area contributed by atoms with Crippen LogP contribution in [0.15, 0.2) is 0 Å². The molecule has 0 spiro atoms. The molecular weight excluding hydrogens is 166 g/mol. The van der Waals surface area contributed by atoms with Gasteiger partial charge in [-0.1, -0.05) is 0 Å². The van der Waals surface area contributed by atoms with Crippen molar-refractivity contribution in [1.82, 2.24) is 5.32 Å². The lowest BCUT2D eigenvalue weighted by Crippen LogP contribution is -2.35. The van der Waals surface area contributed by atoms with Gasteiger partial charge in [0.15, 0.2) is 0 Å². The molecule has 13 heavy (non-hydrogen) atoms. The maximum atomic E-state index is 5.56. The Labute approximate surface area is 81.8 Å². The SMILES string of the molecule is CNC(C)C(C)OCCOC(C)C. The van der Waals surface area contributed by atoms with E-state index in [0.717, 1.165) is 0 Å². The minimum Gasteiger partial charge on any atom is -0.376 e. The lowest BCUT2D eigenvalue weighted by molar-refractivity contribution is -0.0155. The second-order valence-corrected chi connectivity index (χ2v) is 3.57. The van der Waals surface area contributed by atoms with Crippen LogP contribution in [0.1, 0.15) is 27.7 Å². The molecule has 0 heterocycles. The third-order valence-corrected chi connectivity index (χ3v) is 2.07. The predicted molar refractivity (Wildman–Crippen MR) is 55.0 cm³/mol. The van der Waals surface area contributed by atoms with E-state index < -0.39 is 0 Å². The molecular formula is C10H23NO2. The Morgan fingerprint density at radius 3 is 2.00 bits per heavy atom. The molecule has 0 amide bonds. The molecule has 0 aromatic carbocycles. The highest BCUT2D eigenvalue weighted by Gasteiger charge is 2.09. The van der Waals surface area contributed by atoms with E-state index >= 15 is 0 Å². The molecule has 0 radical (unpaired) electrons. The van der Waals surface area contributed by atoms with Gasteiger partial charge in [-0.25, -0.2) is 0 Å². The third-order valence-electron chi connectivity index (χ3n) is 2.07. The summed E-state index contributed by atoms with van der Waals surface area (Å²) in [4.78, 5) is 0. The van der Waals surface area contributed by atoms with Gasteiger partial charge >= 0.3 is 0 Å². The number of hydrogen-bond donors (Lipinski definition) is 1. The lowest BCUT2D eigenvalue weighted by Gasteiger charge is -2.20. The van der Waals surface area contributed by atoms with Crippen molar-refractivity contribution >= 4 is 0 Å². The molecule has 2 atom stereocenters. The Hall–Kier alpha value is -0.120. The van der Waals surface area contributed by atoms with Crippen LogP contribution in [0.3, 0.4) is 0 Å². The molecule has 3 nitrogen and oxygen atoms in total. The summed E-state index contributed by atoms with van der Waals surface area (Å²) in [7, 11) is 1.94.